The van der Waals surface area contributed by atoms with Gasteiger partial charge in [-0.1, -0.05) is 0 Å². The quantitative estimate of drug-likeness (QED) is 0.750. The summed E-state index contributed by atoms with van der Waals surface area (Å²) in [5.74, 6) is 0. The Hall–Kier alpha value is -1.32. The van der Waals surface area contributed by atoms with Crippen molar-refractivity contribution in [3.8, 4) is 0 Å². The number of sulfonamides is 1. The first-order chi connectivity index (χ1) is 9.24. The molecule has 0 aliphatic heterocycles. The average Bonchev–Trinajstić information content (AvgIpc) is 2.37. The van der Waals surface area contributed by atoms with Crippen LogP contribution in [0.4, 0.5) is 18.9 Å². The second-order valence-electron chi connectivity index (χ2n) is 3.83. The first-order valence-electron chi connectivity index (χ1n) is 5.66. The fourth-order valence-corrected chi connectivity index (χ4v) is 2.06. The lowest BCUT2D eigenvalue weighted by atomic mass is 10.3. The summed E-state index contributed by atoms with van der Waals surface area (Å²) in [6, 6.07) is 5.83. The van der Waals surface area contributed by atoms with Crippen LogP contribution in [0.15, 0.2) is 29.2 Å². The fourth-order valence-electron chi connectivity index (χ4n) is 1.33. The van der Waals surface area contributed by atoms with Crippen molar-refractivity contribution in [3.05, 3.63) is 24.3 Å². The molecule has 0 fully saturated rings. The van der Waals surface area contributed by atoms with Gasteiger partial charge in [0.05, 0.1) is 11.5 Å². The third-order valence-electron chi connectivity index (χ3n) is 2.27. The second kappa shape index (κ2) is 6.91. The smallest absolute Gasteiger partial charge is 0.383 e. The molecule has 20 heavy (non-hydrogen) atoms. The van der Waals surface area contributed by atoms with E-state index in [-0.39, 0.29) is 18.0 Å². The third-order valence-corrected chi connectivity index (χ3v) is 3.70. The summed E-state index contributed by atoms with van der Waals surface area (Å²) >= 11 is 0. The van der Waals surface area contributed by atoms with Gasteiger partial charge in [-0.05, 0) is 31.3 Å². The lowest BCUT2D eigenvalue weighted by Gasteiger charge is -2.09. The van der Waals surface area contributed by atoms with Gasteiger partial charge in [0.25, 0.3) is 0 Å². The van der Waals surface area contributed by atoms with Crippen LogP contribution < -0.4 is 10.0 Å². The van der Waals surface area contributed by atoms with Gasteiger partial charge in [-0.25, -0.2) is 13.1 Å². The Labute approximate surface area is 115 Å². The van der Waals surface area contributed by atoms with Crippen LogP contribution >= 0.6 is 0 Å². The monoisotopic (exact) mass is 312 g/mol. The van der Waals surface area contributed by atoms with Gasteiger partial charge in [0.2, 0.25) is 10.0 Å². The van der Waals surface area contributed by atoms with Gasteiger partial charge in [-0.3, -0.25) is 0 Å². The number of nitrogens with one attached hydrogen (secondary N) is 2. The van der Waals surface area contributed by atoms with Crippen LogP contribution in [0.25, 0.3) is 0 Å². The molecule has 0 bridgehead atoms. The molecule has 0 saturated heterocycles. The molecule has 0 atom stereocenters. The molecule has 0 aliphatic rings. The molecule has 0 saturated carbocycles. The summed E-state index contributed by atoms with van der Waals surface area (Å²) in [4.78, 5) is 0.110. The molecular formula is C11H15F3N2O3S. The van der Waals surface area contributed by atoms with Gasteiger partial charge in [0.1, 0.15) is 6.61 Å². The first-order valence-corrected chi connectivity index (χ1v) is 7.15. The fraction of sp³-hybridized carbons (Fsp3) is 0.455. The van der Waals surface area contributed by atoms with Crippen molar-refractivity contribution in [2.45, 2.75) is 11.1 Å². The summed E-state index contributed by atoms with van der Waals surface area (Å²) in [5, 5.41) is 2.82. The standard InChI is InChI=1S/C11H15F3N2O3S/c1-15-20(17,18)10-4-2-9(3-5-10)16-6-7-19-8-11(12,13)14/h2-5,15-16H,6-8H2,1H3. The molecule has 114 valence electrons. The summed E-state index contributed by atoms with van der Waals surface area (Å²) in [6.07, 6.45) is -4.33. The van der Waals surface area contributed by atoms with Crippen LogP contribution in [0.5, 0.6) is 0 Å². The largest absolute Gasteiger partial charge is 0.411 e. The molecule has 0 aromatic heterocycles. The van der Waals surface area contributed by atoms with Crippen LogP contribution in [0.1, 0.15) is 0 Å². The molecule has 0 spiro atoms. The lowest BCUT2D eigenvalue weighted by molar-refractivity contribution is -0.172. The number of alkyl halides is 3. The van der Waals surface area contributed by atoms with Crippen molar-refractivity contribution in [2.75, 3.05) is 32.1 Å². The van der Waals surface area contributed by atoms with E-state index in [1.165, 1.54) is 31.3 Å². The van der Waals surface area contributed by atoms with Gasteiger partial charge in [0, 0.05) is 12.2 Å². The van der Waals surface area contributed by atoms with E-state index in [9.17, 15) is 21.6 Å². The minimum Gasteiger partial charge on any atom is -0.383 e. The maximum atomic E-state index is 11.8. The molecule has 1 rings (SSSR count). The molecular weight excluding hydrogens is 297 g/mol. The maximum Gasteiger partial charge on any atom is 0.411 e. The van der Waals surface area contributed by atoms with Crippen LogP contribution in [0, 0.1) is 0 Å². The van der Waals surface area contributed by atoms with E-state index >= 15 is 0 Å². The molecule has 9 heteroatoms. The van der Waals surface area contributed by atoms with E-state index in [0.717, 1.165) is 0 Å². The van der Waals surface area contributed by atoms with Gasteiger partial charge in [-0.2, -0.15) is 13.2 Å². The average molecular weight is 312 g/mol. The highest BCUT2D eigenvalue weighted by atomic mass is 32.2. The Morgan fingerprint density at radius 2 is 1.80 bits per heavy atom. The SMILES string of the molecule is CNS(=O)(=O)c1ccc(NCCOCC(F)(F)F)cc1. The Morgan fingerprint density at radius 1 is 1.20 bits per heavy atom. The van der Waals surface area contributed by atoms with E-state index < -0.39 is 22.8 Å². The van der Waals surface area contributed by atoms with Crippen LogP contribution in [0.3, 0.4) is 0 Å². The summed E-state index contributed by atoms with van der Waals surface area (Å²) in [7, 11) is -2.18. The Balaban J connectivity index is 2.40. The number of ether oxygens (including phenoxy) is 1. The molecule has 0 aliphatic carbocycles. The maximum absolute atomic E-state index is 11.8. The number of rotatable bonds is 7. The zero-order valence-corrected chi connectivity index (χ0v) is 11.5. The molecule has 5 nitrogen and oxygen atoms in total. The molecule has 0 radical (unpaired) electrons. The molecule has 1 aromatic rings. The van der Waals surface area contributed by atoms with E-state index in [0.29, 0.717) is 5.69 Å². The van der Waals surface area contributed by atoms with Crippen LogP contribution in [-0.4, -0.2) is 41.4 Å². The van der Waals surface area contributed by atoms with Crippen molar-refractivity contribution < 1.29 is 26.3 Å². The molecule has 0 unspecified atom stereocenters. The van der Waals surface area contributed by atoms with Crippen molar-refractivity contribution in [3.63, 3.8) is 0 Å². The van der Waals surface area contributed by atoms with E-state index in [2.05, 4.69) is 14.8 Å². The minimum atomic E-state index is -4.33. The van der Waals surface area contributed by atoms with Crippen molar-refractivity contribution in [1.29, 1.82) is 0 Å². The highest BCUT2D eigenvalue weighted by Crippen LogP contribution is 2.15. The van der Waals surface area contributed by atoms with Gasteiger partial charge in [0.15, 0.2) is 0 Å². The van der Waals surface area contributed by atoms with Crippen molar-refractivity contribution in [2.24, 2.45) is 0 Å². The summed E-state index contributed by atoms with van der Waals surface area (Å²) in [6.45, 7) is -1.20. The van der Waals surface area contributed by atoms with Crippen molar-refractivity contribution >= 4 is 15.7 Å². The normalized spacial score (nSPS) is 12.4. The Bertz CT molecular complexity index is 515. The van der Waals surface area contributed by atoms with E-state index in [4.69, 9.17) is 0 Å². The first kappa shape index (κ1) is 16.7. The molecule has 0 heterocycles. The van der Waals surface area contributed by atoms with Gasteiger partial charge >= 0.3 is 6.18 Å². The number of benzene rings is 1. The van der Waals surface area contributed by atoms with E-state index in [1.807, 2.05) is 0 Å². The van der Waals surface area contributed by atoms with Gasteiger partial charge < -0.3 is 10.1 Å². The number of hydrogen-bond acceptors (Lipinski definition) is 4. The molecule has 2 N–H and O–H groups in total. The highest BCUT2D eigenvalue weighted by Gasteiger charge is 2.27. The number of anilines is 1. The third kappa shape index (κ3) is 5.76. The molecule has 1 aromatic carbocycles. The minimum absolute atomic E-state index is 0.101. The van der Waals surface area contributed by atoms with Crippen LogP contribution in [-0.2, 0) is 14.8 Å². The zero-order valence-electron chi connectivity index (χ0n) is 10.7. The van der Waals surface area contributed by atoms with Crippen molar-refractivity contribution in [1.82, 2.24) is 4.72 Å². The highest BCUT2D eigenvalue weighted by molar-refractivity contribution is 7.89. The number of halogens is 3. The zero-order chi connectivity index (χ0) is 15.2. The lowest BCUT2D eigenvalue weighted by Crippen LogP contribution is -2.20. The molecule has 0 amide bonds. The summed E-state index contributed by atoms with van der Waals surface area (Å²) < 4.78 is 64.9. The number of hydrogen-bond donors (Lipinski definition) is 2. The predicted octanol–water partition coefficient (Wildman–Crippen LogP) is 1.59. The second-order valence-corrected chi connectivity index (χ2v) is 5.71. The topological polar surface area (TPSA) is 67.4 Å². The Kier molecular flexibility index (Phi) is 5.78. The predicted molar refractivity (Wildman–Crippen MR) is 68.1 cm³/mol. The Morgan fingerprint density at radius 3 is 2.30 bits per heavy atom. The van der Waals surface area contributed by atoms with E-state index in [1.54, 1.807) is 0 Å². The van der Waals surface area contributed by atoms with Gasteiger partial charge in [-0.15, -0.1) is 0 Å². The summed E-state index contributed by atoms with van der Waals surface area (Å²) in [5.41, 5.74) is 0.593. The van der Waals surface area contributed by atoms with Crippen LogP contribution in [0.2, 0.25) is 0 Å².